The van der Waals surface area contributed by atoms with Crippen LogP contribution in [0.5, 0.6) is 11.5 Å². The highest BCUT2D eigenvalue weighted by atomic mass is 16.5. The highest BCUT2D eigenvalue weighted by Crippen LogP contribution is 2.39. The number of carbonyl (C=O) groups excluding carboxylic acids is 2. The summed E-state index contributed by atoms with van der Waals surface area (Å²) in [6.45, 7) is 6.71. The molecule has 1 aromatic carbocycles. The minimum atomic E-state index is -0.778. The molecule has 3 rings (SSSR count). The molecule has 1 atom stereocenters. The Morgan fingerprint density at radius 3 is 2.41 bits per heavy atom. The first-order valence-electron chi connectivity index (χ1n) is 10.6. The van der Waals surface area contributed by atoms with Crippen molar-refractivity contribution in [1.29, 1.82) is 0 Å². The summed E-state index contributed by atoms with van der Waals surface area (Å²) in [6.07, 6.45) is 1.61. The molecule has 1 unspecified atom stereocenters. The third kappa shape index (κ3) is 4.45. The van der Waals surface area contributed by atoms with Gasteiger partial charge in [0.05, 0.1) is 25.5 Å². The van der Waals surface area contributed by atoms with Gasteiger partial charge in [-0.1, -0.05) is 19.9 Å². The molecular weight excluding hydrogens is 410 g/mol. The van der Waals surface area contributed by atoms with Crippen LogP contribution < -0.4 is 9.47 Å². The molecule has 8 heteroatoms. The normalized spacial score (nSPS) is 17.8. The van der Waals surface area contributed by atoms with Crippen LogP contribution in [-0.4, -0.2) is 72.0 Å². The Balaban J connectivity index is 2.10. The fourth-order valence-electron chi connectivity index (χ4n) is 3.88. The van der Waals surface area contributed by atoms with Crippen molar-refractivity contribution in [2.45, 2.75) is 19.9 Å². The smallest absolute Gasteiger partial charge is 0.295 e. The predicted octanol–water partition coefficient (Wildman–Crippen LogP) is 2.86. The summed E-state index contributed by atoms with van der Waals surface area (Å²) in [6, 6.07) is 9.37. The lowest BCUT2D eigenvalue weighted by atomic mass is 9.98. The van der Waals surface area contributed by atoms with Gasteiger partial charge in [-0.2, -0.15) is 0 Å². The Kier molecular flexibility index (Phi) is 7.48. The Morgan fingerprint density at radius 1 is 1.09 bits per heavy atom. The zero-order valence-electron chi connectivity index (χ0n) is 18.9. The zero-order chi connectivity index (χ0) is 23.3. The fourth-order valence-corrected chi connectivity index (χ4v) is 3.88. The van der Waals surface area contributed by atoms with Gasteiger partial charge in [0.25, 0.3) is 11.7 Å². The summed E-state index contributed by atoms with van der Waals surface area (Å²) in [5.74, 6) is -0.751. The molecule has 2 heterocycles. The number of ketones is 1. The van der Waals surface area contributed by atoms with Crippen LogP contribution in [0.4, 0.5) is 0 Å². The number of aliphatic hydroxyl groups excluding tert-OH is 1. The van der Waals surface area contributed by atoms with Crippen molar-refractivity contribution in [2.24, 2.45) is 0 Å². The number of aromatic nitrogens is 1. The second kappa shape index (κ2) is 10.3. The number of methoxy groups -OCH3 is 2. The van der Waals surface area contributed by atoms with E-state index >= 15 is 0 Å². The quantitative estimate of drug-likeness (QED) is 0.365. The molecular formula is C24H29N3O5. The van der Waals surface area contributed by atoms with Gasteiger partial charge in [-0.3, -0.25) is 14.6 Å². The summed E-state index contributed by atoms with van der Waals surface area (Å²) >= 11 is 0. The van der Waals surface area contributed by atoms with Crippen LogP contribution in [0.1, 0.15) is 31.1 Å². The van der Waals surface area contributed by atoms with Crippen molar-refractivity contribution in [3.63, 3.8) is 0 Å². The molecule has 1 N–H and O–H groups in total. The average Bonchev–Trinajstić information content (AvgIpc) is 3.09. The lowest BCUT2D eigenvalue weighted by Crippen LogP contribution is -2.38. The van der Waals surface area contributed by atoms with E-state index in [1.165, 1.54) is 19.1 Å². The number of benzene rings is 1. The minimum Gasteiger partial charge on any atom is -0.507 e. The molecule has 8 nitrogen and oxygen atoms in total. The number of pyridine rings is 1. The summed E-state index contributed by atoms with van der Waals surface area (Å²) < 4.78 is 10.6. The van der Waals surface area contributed by atoms with E-state index in [4.69, 9.17) is 9.47 Å². The largest absolute Gasteiger partial charge is 0.507 e. The molecule has 1 aromatic heterocycles. The van der Waals surface area contributed by atoms with Crippen LogP contribution in [-0.2, 0) is 9.59 Å². The molecule has 2 aromatic rings. The summed E-state index contributed by atoms with van der Waals surface area (Å²) in [4.78, 5) is 34.1. The van der Waals surface area contributed by atoms with Crippen LogP contribution in [0.3, 0.4) is 0 Å². The van der Waals surface area contributed by atoms with E-state index in [-0.39, 0.29) is 11.3 Å². The highest BCUT2D eigenvalue weighted by molar-refractivity contribution is 6.46. The van der Waals surface area contributed by atoms with Gasteiger partial charge in [0, 0.05) is 24.8 Å². The number of Topliss-reactive ketones (excluding diaryl/α,β-unsaturated/α-hetero) is 1. The van der Waals surface area contributed by atoms with Gasteiger partial charge < -0.3 is 24.4 Å². The van der Waals surface area contributed by atoms with Gasteiger partial charge in [-0.15, -0.1) is 0 Å². The number of likely N-dealkylation sites (N-methyl/N-ethyl adjacent to an activating group) is 1. The molecule has 0 saturated carbocycles. The summed E-state index contributed by atoms with van der Waals surface area (Å²) in [5.41, 5.74) is 0.888. The van der Waals surface area contributed by atoms with Gasteiger partial charge >= 0.3 is 0 Å². The van der Waals surface area contributed by atoms with Gasteiger partial charge in [0.1, 0.15) is 11.8 Å². The van der Waals surface area contributed by atoms with Crippen LogP contribution in [0.25, 0.3) is 5.76 Å². The number of nitrogens with zero attached hydrogens (tertiary/aromatic N) is 3. The molecule has 1 saturated heterocycles. The first-order valence-corrected chi connectivity index (χ1v) is 10.6. The van der Waals surface area contributed by atoms with Crippen molar-refractivity contribution in [3.05, 3.63) is 59.4 Å². The van der Waals surface area contributed by atoms with E-state index in [1.807, 2.05) is 13.8 Å². The molecule has 32 heavy (non-hydrogen) atoms. The molecule has 1 aliphatic rings. The van der Waals surface area contributed by atoms with E-state index in [1.54, 1.807) is 42.6 Å². The lowest BCUT2D eigenvalue weighted by Gasteiger charge is -2.27. The third-order valence-electron chi connectivity index (χ3n) is 5.72. The lowest BCUT2D eigenvalue weighted by molar-refractivity contribution is -0.140. The number of hydrogen-bond acceptors (Lipinski definition) is 7. The molecule has 0 aliphatic carbocycles. The van der Waals surface area contributed by atoms with Crippen LogP contribution in [0.2, 0.25) is 0 Å². The summed E-state index contributed by atoms with van der Waals surface area (Å²) in [5, 5.41) is 11.2. The number of carbonyl (C=O) groups is 2. The van der Waals surface area contributed by atoms with Crippen molar-refractivity contribution in [1.82, 2.24) is 14.8 Å². The number of hydrogen-bond donors (Lipinski definition) is 1. The minimum absolute atomic E-state index is 0.0143. The monoisotopic (exact) mass is 439 g/mol. The van der Waals surface area contributed by atoms with E-state index in [2.05, 4.69) is 9.88 Å². The molecule has 1 amide bonds. The Labute approximate surface area is 188 Å². The Morgan fingerprint density at radius 2 is 1.81 bits per heavy atom. The van der Waals surface area contributed by atoms with E-state index in [9.17, 15) is 14.7 Å². The van der Waals surface area contributed by atoms with Gasteiger partial charge in [0.2, 0.25) is 0 Å². The highest BCUT2D eigenvalue weighted by Gasteiger charge is 2.46. The van der Waals surface area contributed by atoms with E-state index in [0.717, 1.165) is 13.1 Å². The first-order chi connectivity index (χ1) is 15.5. The maximum Gasteiger partial charge on any atom is 0.295 e. The number of rotatable bonds is 9. The zero-order valence-corrected chi connectivity index (χ0v) is 18.9. The first kappa shape index (κ1) is 23.3. The van der Waals surface area contributed by atoms with Crippen molar-refractivity contribution < 1.29 is 24.2 Å². The Hall–Kier alpha value is -3.39. The SMILES string of the molecule is CCN(CC)CCN1C(=O)C(=O)C(=C(O)c2ccc(OC)c(OC)c2)C1c1ccccn1. The second-order valence-corrected chi connectivity index (χ2v) is 7.34. The standard InChI is InChI=1S/C24H29N3O5/c1-5-26(6-2)13-14-27-21(17-9-7-8-12-25-17)20(23(29)24(27)30)22(28)16-10-11-18(31-3)19(15-16)32-4/h7-12,15,21,28H,5-6,13-14H2,1-4H3. The molecule has 0 bridgehead atoms. The fraction of sp³-hybridized carbons (Fsp3) is 0.375. The van der Waals surface area contributed by atoms with Gasteiger partial charge in [-0.25, -0.2) is 0 Å². The third-order valence-corrected chi connectivity index (χ3v) is 5.72. The van der Waals surface area contributed by atoms with Crippen molar-refractivity contribution in [2.75, 3.05) is 40.4 Å². The maximum absolute atomic E-state index is 13.1. The second-order valence-electron chi connectivity index (χ2n) is 7.34. The van der Waals surface area contributed by atoms with E-state index in [0.29, 0.717) is 35.8 Å². The topological polar surface area (TPSA) is 92.2 Å². The molecule has 1 fully saturated rings. The molecule has 0 radical (unpaired) electrons. The van der Waals surface area contributed by atoms with Crippen molar-refractivity contribution >= 4 is 17.4 Å². The number of aliphatic hydroxyl groups is 1. The molecule has 170 valence electrons. The number of ether oxygens (including phenoxy) is 2. The van der Waals surface area contributed by atoms with Crippen LogP contribution in [0, 0.1) is 0 Å². The Bertz CT molecular complexity index is 1000. The van der Waals surface area contributed by atoms with Gasteiger partial charge in [0.15, 0.2) is 11.5 Å². The van der Waals surface area contributed by atoms with E-state index < -0.39 is 17.7 Å². The van der Waals surface area contributed by atoms with Crippen LogP contribution >= 0.6 is 0 Å². The van der Waals surface area contributed by atoms with Crippen LogP contribution in [0.15, 0.2) is 48.2 Å². The predicted molar refractivity (Wildman–Crippen MR) is 121 cm³/mol. The van der Waals surface area contributed by atoms with Crippen molar-refractivity contribution in [3.8, 4) is 11.5 Å². The van der Waals surface area contributed by atoms with Gasteiger partial charge in [-0.05, 0) is 43.4 Å². The number of amides is 1. The molecule has 1 aliphatic heterocycles. The number of likely N-dealkylation sites (tertiary alicyclic amines) is 1. The summed E-state index contributed by atoms with van der Waals surface area (Å²) in [7, 11) is 3.00. The maximum atomic E-state index is 13.1. The average molecular weight is 440 g/mol. The molecule has 0 spiro atoms.